The number of carbonyl (C=O) groups excluding carboxylic acids is 1. The first-order valence-corrected chi connectivity index (χ1v) is 10.0. The molecule has 5 rings (SSSR count). The van der Waals surface area contributed by atoms with Gasteiger partial charge in [-0.3, -0.25) is 14.9 Å². The second-order valence-electron chi connectivity index (χ2n) is 7.18. The van der Waals surface area contributed by atoms with E-state index >= 15 is 0 Å². The molecule has 9 nitrogen and oxygen atoms in total. The first kappa shape index (κ1) is 20.0. The van der Waals surface area contributed by atoms with Crippen LogP contribution in [0.3, 0.4) is 0 Å². The molecule has 0 radical (unpaired) electrons. The number of fused-ring (bicyclic) bond motifs is 1. The Hall–Kier alpha value is -4.92. The van der Waals surface area contributed by atoms with E-state index in [4.69, 9.17) is 0 Å². The van der Waals surface area contributed by atoms with Crippen molar-refractivity contribution >= 4 is 28.7 Å². The van der Waals surface area contributed by atoms with Gasteiger partial charge in [-0.15, -0.1) is 5.10 Å². The van der Waals surface area contributed by atoms with Crippen molar-refractivity contribution in [1.82, 2.24) is 24.8 Å². The summed E-state index contributed by atoms with van der Waals surface area (Å²) in [5, 5.41) is 23.8. The van der Waals surface area contributed by atoms with E-state index < -0.39 is 4.92 Å². The number of para-hydroxylation sites is 2. The Morgan fingerprint density at radius 2 is 1.76 bits per heavy atom. The Balaban J connectivity index is 1.57. The molecule has 0 bridgehead atoms. The van der Waals surface area contributed by atoms with Gasteiger partial charge in [0.25, 0.3) is 11.6 Å². The van der Waals surface area contributed by atoms with E-state index in [1.165, 1.54) is 22.9 Å². The lowest BCUT2D eigenvalue weighted by Crippen LogP contribution is -2.08. The van der Waals surface area contributed by atoms with Gasteiger partial charge in [0.2, 0.25) is 0 Å². The maximum absolute atomic E-state index is 12.8. The topological polar surface area (TPSA) is 109 Å². The average molecular weight is 436 g/mol. The van der Waals surface area contributed by atoms with E-state index in [2.05, 4.69) is 15.4 Å². The van der Waals surface area contributed by atoms with Gasteiger partial charge in [0, 0.05) is 35.5 Å². The zero-order valence-electron chi connectivity index (χ0n) is 17.1. The Morgan fingerprint density at radius 3 is 2.58 bits per heavy atom. The highest BCUT2D eigenvalue weighted by Gasteiger charge is 2.15. The minimum Gasteiger partial charge on any atom is -0.267 e. The van der Waals surface area contributed by atoms with Crippen LogP contribution in [-0.2, 0) is 0 Å². The summed E-state index contributed by atoms with van der Waals surface area (Å²) in [5.41, 5.74) is 3.70. The van der Waals surface area contributed by atoms with Gasteiger partial charge in [-0.1, -0.05) is 47.7 Å². The predicted molar refractivity (Wildman–Crippen MR) is 123 cm³/mol. The van der Waals surface area contributed by atoms with E-state index in [0.29, 0.717) is 27.9 Å². The lowest BCUT2D eigenvalue weighted by Gasteiger charge is -2.01. The standard InChI is InChI=1S/C24H16N6O3/c31-23(29-22-12-5-4-11-21(22)25-27-29)14-13-18-16-28(19-8-2-1-3-9-19)26-24(18)17-7-6-10-20(15-17)30(32)33/h1-16H/b14-13-. The van der Waals surface area contributed by atoms with Gasteiger partial charge in [0.05, 0.1) is 16.1 Å². The fourth-order valence-corrected chi connectivity index (χ4v) is 3.48. The third kappa shape index (κ3) is 3.90. The van der Waals surface area contributed by atoms with E-state index in [0.717, 1.165) is 5.69 Å². The van der Waals surface area contributed by atoms with Crippen LogP contribution in [0, 0.1) is 10.1 Å². The van der Waals surface area contributed by atoms with Crippen LogP contribution in [0.15, 0.2) is 91.1 Å². The summed E-state index contributed by atoms with van der Waals surface area (Å²) in [6.45, 7) is 0. The van der Waals surface area contributed by atoms with Crippen molar-refractivity contribution in [1.29, 1.82) is 0 Å². The molecule has 0 amide bonds. The molecule has 0 atom stereocenters. The molecule has 2 aromatic heterocycles. The van der Waals surface area contributed by atoms with Crippen LogP contribution in [0.25, 0.3) is 34.1 Å². The zero-order chi connectivity index (χ0) is 22.8. The quantitative estimate of drug-likeness (QED) is 0.227. The number of benzene rings is 3. The number of nitrogens with zero attached hydrogens (tertiary/aromatic N) is 6. The molecule has 0 fully saturated rings. The van der Waals surface area contributed by atoms with E-state index in [9.17, 15) is 14.9 Å². The molecule has 5 aromatic rings. The Bertz CT molecular complexity index is 1520. The molecule has 9 heteroatoms. The van der Waals surface area contributed by atoms with Crippen LogP contribution in [-0.4, -0.2) is 35.6 Å². The van der Waals surface area contributed by atoms with Gasteiger partial charge in [0.15, 0.2) is 0 Å². The van der Waals surface area contributed by atoms with Gasteiger partial charge in [0.1, 0.15) is 11.2 Å². The van der Waals surface area contributed by atoms with Crippen LogP contribution < -0.4 is 0 Å². The number of hydrogen-bond acceptors (Lipinski definition) is 6. The van der Waals surface area contributed by atoms with Crippen LogP contribution in [0.4, 0.5) is 5.69 Å². The normalized spacial score (nSPS) is 11.3. The summed E-state index contributed by atoms with van der Waals surface area (Å²) in [6, 6.07) is 22.9. The molecule has 0 saturated carbocycles. The third-order valence-electron chi connectivity index (χ3n) is 5.06. The van der Waals surface area contributed by atoms with E-state index in [1.807, 2.05) is 42.5 Å². The molecule has 0 unspecified atom stereocenters. The summed E-state index contributed by atoms with van der Waals surface area (Å²) in [4.78, 5) is 23.6. The molecule has 33 heavy (non-hydrogen) atoms. The number of aromatic nitrogens is 5. The summed E-state index contributed by atoms with van der Waals surface area (Å²) < 4.78 is 2.89. The fraction of sp³-hybridized carbons (Fsp3) is 0. The van der Waals surface area contributed by atoms with Gasteiger partial charge in [-0.25, -0.2) is 4.68 Å². The van der Waals surface area contributed by atoms with Crippen molar-refractivity contribution in [2.75, 3.05) is 0 Å². The second kappa shape index (κ2) is 8.31. The van der Waals surface area contributed by atoms with Crippen molar-refractivity contribution < 1.29 is 9.72 Å². The fourth-order valence-electron chi connectivity index (χ4n) is 3.48. The van der Waals surface area contributed by atoms with Crippen LogP contribution >= 0.6 is 0 Å². The van der Waals surface area contributed by atoms with E-state index in [1.54, 1.807) is 41.2 Å². The average Bonchev–Trinajstić information content (AvgIpc) is 3.48. The number of non-ortho nitro benzene ring substituents is 1. The first-order valence-electron chi connectivity index (χ1n) is 10.0. The molecule has 0 aliphatic rings. The summed E-state index contributed by atoms with van der Waals surface area (Å²) >= 11 is 0. The number of nitro benzene ring substituents is 1. The lowest BCUT2D eigenvalue weighted by atomic mass is 10.1. The van der Waals surface area contributed by atoms with Gasteiger partial charge < -0.3 is 0 Å². The molecule has 2 heterocycles. The highest BCUT2D eigenvalue weighted by molar-refractivity contribution is 5.98. The maximum atomic E-state index is 12.8. The molecule has 0 saturated heterocycles. The Labute approximate surface area is 187 Å². The highest BCUT2D eigenvalue weighted by atomic mass is 16.6. The molecule has 0 N–H and O–H groups in total. The van der Waals surface area contributed by atoms with Crippen molar-refractivity contribution in [2.24, 2.45) is 0 Å². The zero-order valence-corrected chi connectivity index (χ0v) is 17.1. The van der Waals surface area contributed by atoms with Gasteiger partial charge in [-0.2, -0.15) is 9.78 Å². The molecular formula is C24H16N6O3. The van der Waals surface area contributed by atoms with Crippen molar-refractivity contribution in [3.63, 3.8) is 0 Å². The summed E-state index contributed by atoms with van der Waals surface area (Å²) in [7, 11) is 0. The number of rotatable bonds is 5. The van der Waals surface area contributed by atoms with Gasteiger partial charge >= 0.3 is 0 Å². The number of hydrogen-bond donors (Lipinski definition) is 0. The molecule has 0 aliphatic heterocycles. The summed E-state index contributed by atoms with van der Waals surface area (Å²) in [5.74, 6) is -0.374. The molecule has 160 valence electrons. The number of nitro groups is 1. The molecule has 0 spiro atoms. The van der Waals surface area contributed by atoms with Crippen LogP contribution in [0.2, 0.25) is 0 Å². The largest absolute Gasteiger partial charge is 0.272 e. The minimum atomic E-state index is -0.452. The number of carbonyl (C=O) groups is 1. The third-order valence-corrected chi connectivity index (χ3v) is 5.06. The van der Waals surface area contributed by atoms with Gasteiger partial charge in [-0.05, 0) is 30.3 Å². The lowest BCUT2D eigenvalue weighted by molar-refractivity contribution is -0.384. The predicted octanol–water partition coefficient (Wildman–Crippen LogP) is 4.55. The Morgan fingerprint density at radius 1 is 0.970 bits per heavy atom. The second-order valence-corrected chi connectivity index (χ2v) is 7.18. The smallest absolute Gasteiger partial charge is 0.267 e. The first-order chi connectivity index (χ1) is 16.1. The van der Waals surface area contributed by atoms with Crippen molar-refractivity contribution in [3.8, 4) is 16.9 Å². The highest BCUT2D eigenvalue weighted by Crippen LogP contribution is 2.28. The maximum Gasteiger partial charge on any atom is 0.272 e. The van der Waals surface area contributed by atoms with Crippen LogP contribution in [0.1, 0.15) is 10.4 Å². The SMILES string of the molecule is O=C(/C=C\c1cn(-c2ccccc2)nc1-c1cccc([N+](=O)[O-])c1)n1nnc2ccccc21. The molecule has 3 aromatic carbocycles. The van der Waals surface area contributed by atoms with E-state index in [-0.39, 0.29) is 11.6 Å². The van der Waals surface area contributed by atoms with Crippen LogP contribution in [0.5, 0.6) is 0 Å². The number of allylic oxidation sites excluding steroid dienone is 1. The monoisotopic (exact) mass is 436 g/mol. The minimum absolute atomic E-state index is 0.0400. The molecular weight excluding hydrogens is 420 g/mol. The molecule has 0 aliphatic carbocycles. The Kier molecular flexibility index (Phi) is 5.04. The van der Waals surface area contributed by atoms with Crippen molar-refractivity contribution in [3.05, 3.63) is 107 Å². The summed E-state index contributed by atoms with van der Waals surface area (Å²) in [6.07, 6.45) is 4.78. The van der Waals surface area contributed by atoms with Crippen molar-refractivity contribution in [2.45, 2.75) is 0 Å².